The van der Waals surface area contributed by atoms with Gasteiger partial charge in [-0.15, -0.1) is 0 Å². The molecule has 4 rings (SSSR count). The van der Waals surface area contributed by atoms with E-state index < -0.39 is 5.60 Å². The van der Waals surface area contributed by atoms with Gasteiger partial charge in [0.25, 0.3) is 0 Å². The molecule has 1 aliphatic heterocycles. The van der Waals surface area contributed by atoms with Crippen LogP contribution in [0.4, 0.5) is 10.6 Å². The Hall–Kier alpha value is -3.29. The summed E-state index contributed by atoms with van der Waals surface area (Å²) in [7, 11) is 0. The number of amides is 1. The van der Waals surface area contributed by atoms with Crippen molar-refractivity contribution in [2.75, 3.05) is 18.4 Å². The highest BCUT2D eigenvalue weighted by Gasteiger charge is 2.32. The zero-order chi connectivity index (χ0) is 21.3. The maximum Gasteiger partial charge on any atom is 0.410 e. The second-order valence-corrected chi connectivity index (χ2v) is 8.51. The Bertz CT molecular complexity index is 1060. The smallest absolute Gasteiger partial charge is 0.410 e. The van der Waals surface area contributed by atoms with E-state index in [1.807, 2.05) is 45.2 Å². The Balaban J connectivity index is 1.50. The number of likely N-dealkylation sites (tertiary alicyclic amines) is 1. The molecule has 2 N–H and O–H groups in total. The number of benzene rings is 1. The molecule has 3 aromatic rings. The first-order valence-corrected chi connectivity index (χ1v) is 10.2. The quantitative estimate of drug-likeness (QED) is 0.679. The number of ether oxygens (including phenoxy) is 1. The molecule has 1 aromatic carbocycles. The summed E-state index contributed by atoms with van der Waals surface area (Å²) in [5.74, 6) is 0.877. The van der Waals surface area contributed by atoms with Crippen LogP contribution in [0.1, 0.15) is 33.6 Å². The van der Waals surface area contributed by atoms with Crippen LogP contribution in [0.3, 0.4) is 0 Å². The summed E-state index contributed by atoms with van der Waals surface area (Å²) in [4.78, 5) is 19.0. The van der Waals surface area contributed by atoms with E-state index in [1.54, 1.807) is 27.7 Å². The minimum Gasteiger partial charge on any atom is -0.507 e. The average Bonchev–Trinajstić information content (AvgIpc) is 3.32. The van der Waals surface area contributed by atoms with E-state index in [2.05, 4.69) is 15.4 Å². The molecule has 0 bridgehead atoms. The molecule has 2 aromatic heterocycles. The summed E-state index contributed by atoms with van der Waals surface area (Å²) in [6.45, 7) is 6.92. The van der Waals surface area contributed by atoms with Crippen LogP contribution >= 0.6 is 0 Å². The maximum absolute atomic E-state index is 12.5. The van der Waals surface area contributed by atoms with Crippen molar-refractivity contribution in [1.82, 2.24) is 19.5 Å². The number of rotatable bonds is 4. The first-order chi connectivity index (χ1) is 14.3. The molecule has 1 fully saturated rings. The molecular weight excluding hydrogens is 382 g/mol. The first kappa shape index (κ1) is 20.0. The number of anilines is 1. The van der Waals surface area contributed by atoms with Crippen LogP contribution < -0.4 is 5.32 Å². The lowest BCUT2D eigenvalue weighted by Gasteiger charge is -2.28. The molecule has 3 heterocycles. The zero-order valence-corrected chi connectivity index (χ0v) is 17.5. The van der Waals surface area contributed by atoms with Gasteiger partial charge in [0.15, 0.2) is 5.65 Å². The molecule has 1 amide bonds. The summed E-state index contributed by atoms with van der Waals surface area (Å²) >= 11 is 0. The maximum atomic E-state index is 12.5. The van der Waals surface area contributed by atoms with Crippen LogP contribution in [0, 0.1) is 0 Å². The Labute approximate surface area is 175 Å². The molecule has 0 spiro atoms. The van der Waals surface area contributed by atoms with Crippen LogP contribution in [0.25, 0.3) is 16.8 Å². The van der Waals surface area contributed by atoms with Crippen molar-refractivity contribution in [3.8, 4) is 16.9 Å². The van der Waals surface area contributed by atoms with E-state index in [-0.39, 0.29) is 17.9 Å². The summed E-state index contributed by atoms with van der Waals surface area (Å²) in [5, 5.41) is 17.9. The molecule has 1 aliphatic rings. The highest BCUT2D eigenvalue weighted by molar-refractivity contribution is 5.81. The molecule has 8 nitrogen and oxygen atoms in total. The molecule has 0 saturated carbocycles. The molecule has 30 heavy (non-hydrogen) atoms. The van der Waals surface area contributed by atoms with Gasteiger partial charge in [0, 0.05) is 24.8 Å². The second kappa shape index (κ2) is 7.85. The summed E-state index contributed by atoms with van der Waals surface area (Å²) < 4.78 is 7.21. The van der Waals surface area contributed by atoms with Crippen LogP contribution in [0.5, 0.6) is 5.75 Å². The lowest BCUT2D eigenvalue weighted by Crippen LogP contribution is -2.42. The van der Waals surface area contributed by atoms with Crippen LogP contribution in [0.2, 0.25) is 0 Å². The van der Waals surface area contributed by atoms with E-state index in [0.717, 1.165) is 18.4 Å². The van der Waals surface area contributed by atoms with E-state index in [0.29, 0.717) is 30.1 Å². The number of phenolic OH excluding ortho intramolecular Hbond substituents is 1. The molecule has 1 atom stereocenters. The molecule has 158 valence electrons. The van der Waals surface area contributed by atoms with E-state index in [1.165, 1.54) is 0 Å². The normalized spacial score (nSPS) is 16.8. The van der Waals surface area contributed by atoms with E-state index in [9.17, 15) is 9.90 Å². The lowest BCUT2D eigenvalue weighted by molar-refractivity contribution is 0.0235. The van der Waals surface area contributed by atoms with Crippen molar-refractivity contribution < 1.29 is 14.6 Å². The molecular formula is C22H27N5O3. The largest absolute Gasteiger partial charge is 0.507 e. The Morgan fingerprint density at radius 1 is 1.27 bits per heavy atom. The minimum atomic E-state index is -0.508. The highest BCUT2D eigenvalue weighted by atomic mass is 16.6. The average molecular weight is 409 g/mol. The fraction of sp³-hybridized carbons (Fsp3) is 0.409. The van der Waals surface area contributed by atoms with Crippen molar-refractivity contribution in [2.24, 2.45) is 0 Å². The highest BCUT2D eigenvalue weighted by Crippen LogP contribution is 2.31. The van der Waals surface area contributed by atoms with Gasteiger partial charge in [-0.3, -0.25) is 0 Å². The van der Waals surface area contributed by atoms with Crippen LogP contribution in [0.15, 0.2) is 42.7 Å². The summed E-state index contributed by atoms with van der Waals surface area (Å²) in [6, 6.07) is 9.04. The summed E-state index contributed by atoms with van der Waals surface area (Å²) in [6.07, 6.45) is 5.13. The van der Waals surface area contributed by atoms with Gasteiger partial charge in [0.1, 0.15) is 17.2 Å². The number of fused-ring (bicyclic) bond motifs is 1. The predicted octanol–water partition coefficient (Wildman–Crippen LogP) is 3.91. The van der Waals surface area contributed by atoms with Crippen LogP contribution in [-0.4, -0.2) is 55.4 Å². The van der Waals surface area contributed by atoms with Crippen LogP contribution in [-0.2, 0) is 4.74 Å². The molecule has 1 saturated heterocycles. The Morgan fingerprint density at radius 2 is 2.07 bits per heavy atom. The SMILES string of the molecule is CC(C)(C)OC(=O)N1CCC[C@H]1CNc1ccn2ncc(-c3ccccc3O)c2n1. The second-order valence-electron chi connectivity index (χ2n) is 8.51. The zero-order valence-electron chi connectivity index (χ0n) is 17.5. The lowest BCUT2D eigenvalue weighted by atomic mass is 10.1. The number of nitrogens with one attached hydrogen (secondary N) is 1. The minimum absolute atomic E-state index is 0.0559. The third-order valence-corrected chi connectivity index (χ3v) is 5.09. The fourth-order valence-corrected chi connectivity index (χ4v) is 3.69. The fourth-order valence-electron chi connectivity index (χ4n) is 3.69. The van der Waals surface area contributed by atoms with Crippen molar-refractivity contribution in [3.05, 3.63) is 42.7 Å². The number of hydrogen-bond acceptors (Lipinski definition) is 6. The molecule has 0 radical (unpaired) electrons. The monoisotopic (exact) mass is 409 g/mol. The number of carbonyl (C=O) groups excluding carboxylic acids is 1. The van der Waals surface area contributed by atoms with Gasteiger partial charge < -0.3 is 20.1 Å². The van der Waals surface area contributed by atoms with Gasteiger partial charge in [-0.2, -0.15) is 5.10 Å². The topological polar surface area (TPSA) is 92.0 Å². The van der Waals surface area contributed by atoms with Gasteiger partial charge in [0.05, 0.1) is 17.8 Å². The third-order valence-electron chi connectivity index (χ3n) is 5.09. The van der Waals surface area contributed by atoms with Crippen molar-refractivity contribution in [2.45, 2.75) is 45.3 Å². The number of nitrogens with zero attached hydrogens (tertiary/aromatic N) is 4. The molecule has 8 heteroatoms. The number of aromatic hydroxyl groups is 1. The van der Waals surface area contributed by atoms with Crippen molar-refractivity contribution >= 4 is 17.6 Å². The van der Waals surface area contributed by atoms with Gasteiger partial charge in [-0.05, 0) is 45.7 Å². The Morgan fingerprint density at radius 3 is 2.83 bits per heavy atom. The number of para-hydroxylation sites is 1. The summed E-state index contributed by atoms with van der Waals surface area (Å²) in [5.41, 5.74) is 1.58. The van der Waals surface area contributed by atoms with Crippen molar-refractivity contribution in [3.63, 3.8) is 0 Å². The Kier molecular flexibility index (Phi) is 5.24. The van der Waals surface area contributed by atoms with Gasteiger partial charge in [0.2, 0.25) is 0 Å². The predicted molar refractivity (Wildman–Crippen MR) is 115 cm³/mol. The van der Waals surface area contributed by atoms with Gasteiger partial charge >= 0.3 is 6.09 Å². The van der Waals surface area contributed by atoms with E-state index in [4.69, 9.17) is 4.74 Å². The number of hydrogen-bond donors (Lipinski definition) is 2. The van der Waals surface area contributed by atoms with Crippen molar-refractivity contribution in [1.29, 1.82) is 0 Å². The number of carbonyl (C=O) groups is 1. The standard InChI is InChI=1S/C22H27N5O3/c1-22(2,3)30-21(29)26-11-6-7-15(26)13-23-19-10-12-27-20(25-19)17(14-24-27)16-8-4-5-9-18(16)28/h4-5,8-10,12,14-15,28H,6-7,11,13H2,1-3H3,(H,23,25)/t15-/m0/s1. The van der Waals surface area contributed by atoms with Gasteiger partial charge in [-0.25, -0.2) is 14.3 Å². The molecule has 0 unspecified atom stereocenters. The number of aromatic nitrogens is 3. The van der Waals surface area contributed by atoms with E-state index >= 15 is 0 Å². The molecule has 0 aliphatic carbocycles. The first-order valence-electron chi connectivity index (χ1n) is 10.2. The van der Waals surface area contributed by atoms with Gasteiger partial charge in [-0.1, -0.05) is 18.2 Å². The third kappa shape index (κ3) is 4.17. The number of phenols is 1.